The fourth-order valence-corrected chi connectivity index (χ4v) is 2.75. The van der Waals surface area contributed by atoms with E-state index in [0.717, 1.165) is 0 Å². The Morgan fingerprint density at radius 3 is 2.06 bits per heavy atom. The molecule has 0 aliphatic heterocycles. The van der Waals surface area contributed by atoms with Gasteiger partial charge in [-0.3, -0.25) is 24.2 Å². The van der Waals surface area contributed by atoms with Crippen molar-refractivity contribution in [3.63, 3.8) is 0 Å². The molecule has 0 radical (unpaired) electrons. The van der Waals surface area contributed by atoms with Gasteiger partial charge in [0.15, 0.2) is 5.96 Å². The Kier molecular flexibility index (Phi) is 15.3. The van der Waals surface area contributed by atoms with Gasteiger partial charge in [-0.2, -0.15) is 0 Å². The zero-order valence-electron chi connectivity index (χ0n) is 19.0. The van der Waals surface area contributed by atoms with Gasteiger partial charge in [-0.05, 0) is 45.1 Å². The van der Waals surface area contributed by atoms with Gasteiger partial charge in [-0.1, -0.05) is 0 Å². The standard InChI is InChI=1S/C19H36N8O7/c20-8-2-1-4-13(18(33)34)27-17(32)12(5-3-9-24-19(22)23)26-14(28)10-25-16(31)11(21)6-7-15(29)30/h11-13H,1-10,20-21H2,(H,25,31)(H,26,28)(H,27,32)(H,29,30)(H,33,34)(H4,22,23,24). The molecule has 0 aliphatic carbocycles. The lowest BCUT2D eigenvalue weighted by Gasteiger charge is -2.21. The SMILES string of the molecule is NCCCCC(NC(=O)C(CCCN=C(N)N)NC(=O)CNC(=O)C(N)CCC(=O)O)C(=O)O. The van der Waals surface area contributed by atoms with E-state index in [0.29, 0.717) is 25.8 Å². The maximum Gasteiger partial charge on any atom is 0.326 e. The molecule has 194 valence electrons. The van der Waals surface area contributed by atoms with Gasteiger partial charge in [0.2, 0.25) is 17.7 Å². The van der Waals surface area contributed by atoms with E-state index in [-0.39, 0.29) is 38.2 Å². The van der Waals surface area contributed by atoms with Crippen LogP contribution in [-0.2, 0) is 24.0 Å². The van der Waals surface area contributed by atoms with E-state index >= 15 is 0 Å². The van der Waals surface area contributed by atoms with E-state index in [1.165, 1.54) is 0 Å². The number of unbranched alkanes of at least 4 members (excludes halogenated alkanes) is 1. The average molecular weight is 489 g/mol. The van der Waals surface area contributed by atoms with Crippen molar-refractivity contribution in [2.24, 2.45) is 27.9 Å². The summed E-state index contributed by atoms with van der Waals surface area (Å²) in [5.41, 5.74) is 21.5. The fraction of sp³-hybridized carbons (Fsp3) is 0.684. The lowest BCUT2D eigenvalue weighted by Crippen LogP contribution is -2.53. The maximum atomic E-state index is 12.7. The molecule has 0 aromatic rings. The summed E-state index contributed by atoms with van der Waals surface area (Å²) < 4.78 is 0. The molecule has 0 spiro atoms. The first-order valence-corrected chi connectivity index (χ1v) is 10.8. The predicted octanol–water partition coefficient (Wildman–Crippen LogP) is -3.47. The first-order valence-electron chi connectivity index (χ1n) is 10.8. The molecule has 34 heavy (non-hydrogen) atoms. The number of aliphatic carboxylic acids is 2. The number of guanidine groups is 1. The summed E-state index contributed by atoms with van der Waals surface area (Å²) in [6, 6.07) is -3.40. The molecule has 0 aliphatic rings. The van der Waals surface area contributed by atoms with E-state index in [9.17, 15) is 29.1 Å². The van der Waals surface area contributed by atoms with Gasteiger partial charge >= 0.3 is 11.9 Å². The lowest BCUT2D eigenvalue weighted by atomic mass is 10.1. The van der Waals surface area contributed by atoms with Crippen molar-refractivity contribution in [2.75, 3.05) is 19.6 Å². The van der Waals surface area contributed by atoms with Crippen molar-refractivity contribution in [1.29, 1.82) is 0 Å². The summed E-state index contributed by atoms with van der Waals surface area (Å²) >= 11 is 0. The molecule has 3 amide bonds. The third-order valence-electron chi connectivity index (χ3n) is 4.59. The quantitative estimate of drug-likeness (QED) is 0.0519. The van der Waals surface area contributed by atoms with Crippen LogP contribution in [0, 0.1) is 0 Å². The number of carboxylic acids is 2. The van der Waals surface area contributed by atoms with Crippen LogP contribution in [-0.4, -0.2) is 83.6 Å². The second kappa shape index (κ2) is 17.1. The Morgan fingerprint density at radius 2 is 1.50 bits per heavy atom. The van der Waals surface area contributed by atoms with Crippen molar-refractivity contribution >= 4 is 35.6 Å². The van der Waals surface area contributed by atoms with Gasteiger partial charge in [0.1, 0.15) is 12.1 Å². The van der Waals surface area contributed by atoms with Crippen LogP contribution in [0.15, 0.2) is 4.99 Å². The number of carbonyl (C=O) groups is 5. The van der Waals surface area contributed by atoms with Crippen LogP contribution >= 0.6 is 0 Å². The second-order valence-corrected chi connectivity index (χ2v) is 7.51. The third-order valence-corrected chi connectivity index (χ3v) is 4.59. The highest BCUT2D eigenvalue weighted by molar-refractivity contribution is 5.92. The Labute approximate surface area is 197 Å². The summed E-state index contributed by atoms with van der Waals surface area (Å²) in [5.74, 6) is -4.65. The molecule has 0 fully saturated rings. The van der Waals surface area contributed by atoms with Crippen molar-refractivity contribution < 1.29 is 34.2 Å². The first kappa shape index (κ1) is 30.5. The van der Waals surface area contributed by atoms with E-state index in [1.54, 1.807) is 0 Å². The number of rotatable bonds is 18. The molecule has 3 atom stereocenters. The molecule has 0 aromatic heterocycles. The van der Waals surface area contributed by atoms with Gasteiger partial charge < -0.3 is 49.1 Å². The van der Waals surface area contributed by atoms with Gasteiger partial charge in [0.25, 0.3) is 0 Å². The second-order valence-electron chi connectivity index (χ2n) is 7.51. The summed E-state index contributed by atoms with van der Waals surface area (Å²) in [7, 11) is 0. The van der Waals surface area contributed by atoms with E-state index < -0.39 is 54.3 Å². The first-order chi connectivity index (χ1) is 16.0. The zero-order chi connectivity index (χ0) is 26.1. The van der Waals surface area contributed by atoms with Crippen LogP contribution in [0.25, 0.3) is 0 Å². The van der Waals surface area contributed by atoms with Gasteiger partial charge in [-0.15, -0.1) is 0 Å². The monoisotopic (exact) mass is 488 g/mol. The molecule has 0 rings (SSSR count). The van der Waals surface area contributed by atoms with Crippen LogP contribution in [0.5, 0.6) is 0 Å². The third kappa shape index (κ3) is 14.6. The molecule has 0 saturated carbocycles. The van der Waals surface area contributed by atoms with E-state index in [4.69, 9.17) is 28.0 Å². The average Bonchev–Trinajstić information content (AvgIpc) is 2.76. The predicted molar refractivity (Wildman–Crippen MR) is 122 cm³/mol. The van der Waals surface area contributed by atoms with Crippen LogP contribution < -0.4 is 38.9 Å². The van der Waals surface area contributed by atoms with E-state index in [2.05, 4.69) is 20.9 Å². The number of nitrogens with one attached hydrogen (secondary N) is 3. The van der Waals surface area contributed by atoms with Crippen LogP contribution in [0.2, 0.25) is 0 Å². The minimum atomic E-state index is -1.22. The highest BCUT2D eigenvalue weighted by atomic mass is 16.4. The van der Waals surface area contributed by atoms with Crippen molar-refractivity contribution in [3.8, 4) is 0 Å². The summed E-state index contributed by atoms with van der Waals surface area (Å²) in [5, 5.41) is 25.1. The van der Waals surface area contributed by atoms with Gasteiger partial charge in [-0.25, -0.2) is 4.79 Å². The molecule has 0 saturated heterocycles. The van der Waals surface area contributed by atoms with E-state index in [1.807, 2.05) is 0 Å². The number of hydrogen-bond acceptors (Lipinski definition) is 8. The summed E-state index contributed by atoms with van der Waals surface area (Å²) in [4.78, 5) is 62.7. The lowest BCUT2D eigenvalue weighted by molar-refractivity contribution is -0.142. The number of hydrogen-bond donors (Lipinski definition) is 9. The topological polar surface area (TPSA) is 278 Å². The minimum absolute atomic E-state index is 0.0928. The van der Waals surface area contributed by atoms with Crippen LogP contribution in [0.3, 0.4) is 0 Å². The summed E-state index contributed by atoms with van der Waals surface area (Å²) in [6.07, 6.45) is 1.21. The van der Waals surface area contributed by atoms with Gasteiger partial charge in [0, 0.05) is 13.0 Å². The molecule has 0 aromatic carbocycles. The normalized spacial score (nSPS) is 13.1. The highest BCUT2D eigenvalue weighted by Crippen LogP contribution is 2.04. The highest BCUT2D eigenvalue weighted by Gasteiger charge is 2.26. The van der Waals surface area contributed by atoms with Crippen molar-refractivity contribution in [1.82, 2.24) is 16.0 Å². The molecule has 3 unspecified atom stereocenters. The number of carbonyl (C=O) groups excluding carboxylic acids is 3. The molecule has 0 bridgehead atoms. The molecular formula is C19H36N8O7. The Bertz CT molecular complexity index is 727. The number of nitrogens with zero attached hydrogens (tertiary/aromatic N) is 1. The minimum Gasteiger partial charge on any atom is -0.481 e. The molecular weight excluding hydrogens is 452 g/mol. The van der Waals surface area contributed by atoms with Crippen LogP contribution in [0.4, 0.5) is 0 Å². The molecule has 15 nitrogen and oxygen atoms in total. The molecule has 15 heteroatoms. The molecule has 0 heterocycles. The fourth-order valence-electron chi connectivity index (χ4n) is 2.75. The maximum absolute atomic E-state index is 12.7. The number of carboxylic acid groups (broad SMARTS) is 2. The Morgan fingerprint density at radius 1 is 0.853 bits per heavy atom. The summed E-state index contributed by atoms with van der Waals surface area (Å²) in [6.45, 7) is 0.0433. The number of amides is 3. The van der Waals surface area contributed by atoms with Crippen molar-refractivity contribution in [2.45, 2.75) is 63.1 Å². The van der Waals surface area contributed by atoms with Crippen LogP contribution in [0.1, 0.15) is 44.9 Å². The number of aliphatic imine (C=N–C) groups is 1. The van der Waals surface area contributed by atoms with Gasteiger partial charge in [0.05, 0.1) is 12.6 Å². The largest absolute Gasteiger partial charge is 0.481 e. The Hall–Kier alpha value is -3.46. The smallest absolute Gasteiger partial charge is 0.326 e. The number of nitrogens with two attached hydrogens (primary N) is 4. The van der Waals surface area contributed by atoms with Crippen molar-refractivity contribution in [3.05, 3.63) is 0 Å². The zero-order valence-corrected chi connectivity index (χ0v) is 19.0. The Balaban J connectivity index is 5.01. The molecule has 13 N–H and O–H groups in total.